The van der Waals surface area contributed by atoms with Gasteiger partial charge in [0.05, 0.1) is 0 Å². The SMILES string of the molecule is Nc1ncc(CN2CCN(Cc3c(F)cccc3Cl)CC2)s1. The van der Waals surface area contributed by atoms with Crippen LogP contribution in [-0.4, -0.2) is 41.0 Å². The molecule has 3 rings (SSSR count). The van der Waals surface area contributed by atoms with E-state index >= 15 is 0 Å². The summed E-state index contributed by atoms with van der Waals surface area (Å²) >= 11 is 7.63. The molecule has 1 aromatic carbocycles. The first-order valence-corrected chi connectivity index (χ1v) is 8.39. The molecule has 0 amide bonds. The number of anilines is 1. The van der Waals surface area contributed by atoms with Crippen LogP contribution < -0.4 is 5.73 Å². The fraction of sp³-hybridized carbons (Fsp3) is 0.400. The minimum absolute atomic E-state index is 0.227. The lowest BCUT2D eigenvalue weighted by molar-refractivity contribution is 0.122. The molecule has 1 aliphatic rings. The van der Waals surface area contributed by atoms with Crippen LogP contribution in [0.25, 0.3) is 0 Å². The maximum absolute atomic E-state index is 13.8. The average Bonchev–Trinajstić information content (AvgIpc) is 2.90. The van der Waals surface area contributed by atoms with Crippen LogP contribution in [0.1, 0.15) is 10.4 Å². The second kappa shape index (κ2) is 6.91. The number of nitrogens with two attached hydrogens (primary N) is 1. The smallest absolute Gasteiger partial charge is 0.180 e. The second-order valence-electron chi connectivity index (χ2n) is 5.42. The Morgan fingerprint density at radius 3 is 2.45 bits per heavy atom. The Labute approximate surface area is 138 Å². The van der Waals surface area contributed by atoms with Crippen molar-refractivity contribution in [3.8, 4) is 0 Å². The number of halogens is 2. The highest BCUT2D eigenvalue weighted by Gasteiger charge is 2.19. The van der Waals surface area contributed by atoms with E-state index in [4.69, 9.17) is 17.3 Å². The fourth-order valence-electron chi connectivity index (χ4n) is 2.63. The number of nitrogens with zero attached hydrogens (tertiary/aromatic N) is 3. The van der Waals surface area contributed by atoms with Gasteiger partial charge in [-0.1, -0.05) is 17.7 Å². The number of nitrogen functional groups attached to an aromatic ring is 1. The molecule has 1 fully saturated rings. The molecule has 118 valence electrons. The molecule has 1 saturated heterocycles. The minimum atomic E-state index is -0.227. The summed E-state index contributed by atoms with van der Waals surface area (Å²) in [5, 5.41) is 1.12. The van der Waals surface area contributed by atoms with Crippen molar-refractivity contribution in [2.24, 2.45) is 0 Å². The third-order valence-electron chi connectivity index (χ3n) is 3.86. The van der Waals surface area contributed by atoms with E-state index in [-0.39, 0.29) is 5.82 Å². The molecule has 7 heteroatoms. The van der Waals surface area contributed by atoms with Gasteiger partial charge in [-0.05, 0) is 12.1 Å². The number of aromatic nitrogens is 1. The quantitative estimate of drug-likeness (QED) is 0.929. The molecular weight excluding hydrogens is 323 g/mol. The average molecular weight is 341 g/mol. The monoisotopic (exact) mass is 340 g/mol. The van der Waals surface area contributed by atoms with Crippen LogP contribution in [0.3, 0.4) is 0 Å². The van der Waals surface area contributed by atoms with Gasteiger partial charge in [-0.3, -0.25) is 9.80 Å². The molecule has 2 heterocycles. The van der Waals surface area contributed by atoms with Crippen molar-refractivity contribution in [3.63, 3.8) is 0 Å². The van der Waals surface area contributed by atoms with Crippen molar-refractivity contribution in [2.75, 3.05) is 31.9 Å². The summed E-state index contributed by atoms with van der Waals surface area (Å²) in [5.41, 5.74) is 6.24. The molecule has 0 radical (unpaired) electrons. The zero-order chi connectivity index (χ0) is 15.5. The van der Waals surface area contributed by atoms with E-state index in [1.54, 1.807) is 12.1 Å². The molecule has 2 N–H and O–H groups in total. The first-order valence-electron chi connectivity index (χ1n) is 7.19. The number of hydrogen-bond donors (Lipinski definition) is 1. The zero-order valence-electron chi connectivity index (χ0n) is 12.1. The highest BCUT2D eigenvalue weighted by atomic mass is 35.5. The van der Waals surface area contributed by atoms with Crippen molar-refractivity contribution >= 4 is 28.1 Å². The Hall–Kier alpha value is -1.21. The lowest BCUT2D eigenvalue weighted by Gasteiger charge is -2.34. The number of piperazine rings is 1. The largest absolute Gasteiger partial charge is 0.375 e. The second-order valence-corrected chi connectivity index (χ2v) is 6.97. The zero-order valence-corrected chi connectivity index (χ0v) is 13.7. The van der Waals surface area contributed by atoms with E-state index in [9.17, 15) is 4.39 Å². The van der Waals surface area contributed by atoms with E-state index in [2.05, 4.69) is 14.8 Å². The van der Waals surface area contributed by atoms with Crippen molar-refractivity contribution in [2.45, 2.75) is 13.1 Å². The Kier molecular flexibility index (Phi) is 4.93. The molecule has 0 saturated carbocycles. The maximum Gasteiger partial charge on any atom is 0.180 e. The lowest BCUT2D eigenvalue weighted by Crippen LogP contribution is -2.45. The molecular formula is C15H18ClFN4S. The van der Waals surface area contributed by atoms with Crippen LogP contribution >= 0.6 is 22.9 Å². The van der Waals surface area contributed by atoms with Crippen LogP contribution in [0.5, 0.6) is 0 Å². The molecule has 2 aromatic rings. The summed E-state index contributed by atoms with van der Waals surface area (Å²) in [5.74, 6) is -0.227. The summed E-state index contributed by atoms with van der Waals surface area (Å²) in [4.78, 5) is 9.86. The van der Waals surface area contributed by atoms with Gasteiger partial charge in [0.15, 0.2) is 5.13 Å². The summed E-state index contributed by atoms with van der Waals surface area (Å²) in [7, 11) is 0. The molecule has 4 nitrogen and oxygen atoms in total. The van der Waals surface area contributed by atoms with Crippen molar-refractivity contribution in [1.29, 1.82) is 0 Å². The van der Waals surface area contributed by atoms with Crippen molar-refractivity contribution < 1.29 is 4.39 Å². The minimum Gasteiger partial charge on any atom is -0.375 e. The Bertz CT molecular complexity index is 620. The summed E-state index contributed by atoms with van der Waals surface area (Å²) in [6.07, 6.45) is 1.84. The van der Waals surface area contributed by atoms with Gasteiger partial charge in [0.2, 0.25) is 0 Å². The Morgan fingerprint density at radius 2 is 1.86 bits per heavy atom. The number of benzene rings is 1. The first-order chi connectivity index (χ1) is 10.6. The normalized spacial score (nSPS) is 17.0. The van der Waals surface area contributed by atoms with Crippen LogP contribution in [0.15, 0.2) is 24.4 Å². The fourth-order valence-corrected chi connectivity index (χ4v) is 3.58. The van der Waals surface area contributed by atoms with Gasteiger partial charge in [0.1, 0.15) is 5.82 Å². The van der Waals surface area contributed by atoms with Gasteiger partial charge in [-0.25, -0.2) is 9.37 Å². The van der Waals surface area contributed by atoms with Gasteiger partial charge < -0.3 is 5.73 Å². The Balaban J connectivity index is 1.53. The highest BCUT2D eigenvalue weighted by Crippen LogP contribution is 2.22. The Morgan fingerprint density at radius 1 is 1.18 bits per heavy atom. The molecule has 1 aliphatic heterocycles. The predicted octanol–water partition coefficient (Wildman–Crippen LogP) is 2.84. The third kappa shape index (κ3) is 3.76. The number of thiazole rings is 1. The van der Waals surface area contributed by atoms with E-state index in [1.807, 2.05) is 6.20 Å². The van der Waals surface area contributed by atoms with Gasteiger partial charge in [0.25, 0.3) is 0 Å². The van der Waals surface area contributed by atoms with Gasteiger partial charge in [-0.2, -0.15) is 0 Å². The van der Waals surface area contributed by atoms with Gasteiger partial charge in [-0.15, -0.1) is 11.3 Å². The summed E-state index contributed by atoms with van der Waals surface area (Å²) in [6, 6.07) is 4.84. The van der Waals surface area contributed by atoms with E-state index in [0.29, 0.717) is 22.3 Å². The van der Waals surface area contributed by atoms with E-state index in [0.717, 1.165) is 32.7 Å². The molecule has 0 atom stereocenters. The van der Waals surface area contributed by atoms with Crippen molar-refractivity contribution in [1.82, 2.24) is 14.8 Å². The molecule has 0 aliphatic carbocycles. The summed E-state index contributed by atoms with van der Waals surface area (Å²) < 4.78 is 13.8. The molecule has 0 spiro atoms. The van der Waals surface area contributed by atoms with E-state index in [1.165, 1.54) is 22.3 Å². The molecule has 0 unspecified atom stereocenters. The molecule has 0 bridgehead atoms. The van der Waals surface area contributed by atoms with Gasteiger partial charge in [0, 0.05) is 60.9 Å². The topological polar surface area (TPSA) is 45.4 Å². The summed E-state index contributed by atoms with van der Waals surface area (Å²) in [6.45, 7) is 5.14. The standard InChI is InChI=1S/C15H18ClFN4S/c16-13-2-1-3-14(17)12(13)10-21-6-4-20(5-7-21)9-11-8-19-15(18)22-11/h1-3,8H,4-7,9-10H2,(H2,18,19). The molecule has 1 aromatic heterocycles. The number of hydrogen-bond acceptors (Lipinski definition) is 5. The molecule has 22 heavy (non-hydrogen) atoms. The van der Waals surface area contributed by atoms with Crippen LogP contribution in [0.2, 0.25) is 5.02 Å². The predicted molar refractivity (Wildman–Crippen MR) is 88.5 cm³/mol. The number of rotatable bonds is 4. The van der Waals surface area contributed by atoms with Gasteiger partial charge >= 0.3 is 0 Å². The van der Waals surface area contributed by atoms with Crippen LogP contribution in [0, 0.1) is 5.82 Å². The van der Waals surface area contributed by atoms with Crippen LogP contribution in [0.4, 0.5) is 9.52 Å². The highest BCUT2D eigenvalue weighted by molar-refractivity contribution is 7.15. The van der Waals surface area contributed by atoms with Crippen molar-refractivity contribution in [3.05, 3.63) is 45.7 Å². The lowest BCUT2D eigenvalue weighted by atomic mass is 10.2. The van der Waals surface area contributed by atoms with Crippen LogP contribution in [-0.2, 0) is 13.1 Å². The van der Waals surface area contributed by atoms with E-state index < -0.39 is 0 Å². The third-order valence-corrected chi connectivity index (χ3v) is 5.02. The first kappa shape index (κ1) is 15.7. The maximum atomic E-state index is 13.8.